The van der Waals surface area contributed by atoms with Gasteiger partial charge in [0.25, 0.3) is 5.56 Å². The van der Waals surface area contributed by atoms with Crippen LogP contribution in [0.25, 0.3) is 12.2 Å². The van der Waals surface area contributed by atoms with Crippen LogP contribution in [0.5, 0.6) is 0 Å². The highest BCUT2D eigenvalue weighted by Crippen LogP contribution is 2.28. The third kappa shape index (κ3) is 3.91. The molecule has 0 saturated heterocycles. The Morgan fingerprint density at radius 3 is 2.40 bits per heavy atom. The van der Waals surface area contributed by atoms with Crippen LogP contribution in [0, 0.1) is 13.8 Å². The van der Waals surface area contributed by atoms with E-state index in [1.54, 1.807) is 0 Å². The van der Waals surface area contributed by atoms with Crippen molar-refractivity contribution < 1.29 is 0 Å². The van der Waals surface area contributed by atoms with E-state index in [9.17, 15) is 4.79 Å². The topological polar surface area (TPSA) is 65.8 Å². The van der Waals surface area contributed by atoms with Gasteiger partial charge in [0.2, 0.25) is 0 Å². The van der Waals surface area contributed by atoms with Crippen LogP contribution >= 0.6 is 0 Å². The summed E-state index contributed by atoms with van der Waals surface area (Å²) in [5, 5.41) is 4.32. The molecule has 6 nitrogen and oxygen atoms in total. The van der Waals surface area contributed by atoms with E-state index in [0.717, 1.165) is 53.0 Å². The van der Waals surface area contributed by atoms with Crippen molar-refractivity contribution in [1.29, 1.82) is 0 Å². The van der Waals surface area contributed by atoms with Crippen LogP contribution in [0.4, 0.5) is 11.4 Å². The highest BCUT2D eigenvalue weighted by molar-refractivity contribution is 5.62. The molecule has 1 N–H and O–H groups in total. The second kappa shape index (κ2) is 8.46. The predicted molar refractivity (Wildman–Crippen MR) is 125 cm³/mol. The van der Waals surface area contributed by atoms with Gasteiger partial charge >= 0.3 is 0 Å². The van der Waals surface area contributed by atoms with Gasteiger partial charge in [-0.05, 0) is 55.9 Å². The fourth-order valence-electron chi connectivity index (χ4n) is 3.82. The molecule has 0 saturated carbocycles. The molecule has 0 bridgehead atoms. The van der Waals surface area contributed by atoms with Gasteiger partial charge in [0.1, 0.15) is 5.36 Å². The van der Waals surface area contributed by atoms with Gasteiger partial charge in [0.15, 0.2) is 5.65 Å². The lowest BCUT2D eigenvalue weighted by Gasteiger charge is -2.15. The first kappa shape index (κ1) is 21.8. The smallest absolute Gasteiger partial charge is 0.276 e. The summed E-state index contributed by atoms with van der Waals surface area (Å²) in [4.78, 5) is 25.2. The molecule has 30 heavy (non-hydrogen) atoms. The van der Waals surface area contributed by atoms with Crippen LogP contribution in [0.15, 0.2) is 21.9 Å². The zero-order valence-electron chi connectivity index (χ0n) is 19.3. The van der Waals surface area contributed by atoms with E-state index in [4.69, 9.17) is 9.98 Å². The summed E-state index contributed by atoms with van der Waals surface area (Å²) in [5.74, 6) is 0.161. The van der Waals surface area contributed by atoms with Crippen molar-refractivity contribution in [1.82, 2.24) is 14.6 Å². The number of fused-ring (bicyclic) bond motifs is 1. The lowest BCUT2D eigenvalue weighted by Crippen LogP contribution is -2.25. The van der Waals surface area contributed by atoms with Crippen molar-refractivity contribution in [3.63, 3.8) is 0 Å². The van der Waals surface area contributed by atoms with Crippen LogP contribution in [-0.4, -0.2) is 28.7 Å². The predicted octanol–water partition coefficient (Wildman–Crippen LogP) is 3.53. The Morgan fingerprint density at radius 2 is 1.87 bits per heavy atom. The SMILES string of the molecule is C=c1[nH]n2c(=O)c(CCCC)c(C(C)C)nc2c1=Nc1c(C)cc(N(C)C)cc1C. The fourth-order valence-corrected chi connectivity index (χ4v) is 3.82. The number of benzene rings is 1. The summed E-state index contributed by atoms with van der Waals surface area (Å²) >= 11 is 0. The maximum absolute atomic E-state index is 13.2. The molecular formula is C24H33N5O. The van der Waals surface area contributed by atoms with Crippen LogP contribution in [-0.2, 0) is 6.42 Å². The van der Waals surface area contributed by atoms with Crippen molar-refractivity contribution in [2.75, 3.05) is 19.0 Å². The molecule has 0 amide bonds. The number of aromatic nitrogens is 3. The van der Waals surface area contributed by atoms with E-state index in [1.165, 1.54) is 4.52 Å². The first-order valence-electron chi connectivity index (χ1n) is 10.6. The minimum absolute atomic E-state index is 0.0418. The second-order valence-corrected chi connectivity index (χ2v) is 8.57. The first-order valence-corrected chi connectivity index (χ1v) is 10.6. The molecule has 1 aromatic carbocycles. The van der Waals surface area contributed by atoms with Gasteiger partial charge in [-0.3, -0.25) is 9.89 Å². The molecule has 0 aliphatic carbocycles. The van der Waals surface area contributed by atoms with Crippen molar-refractivity contribution in [2.24, 2.45) is 4.99 Å². The standard InChI is InChI=1S/C24H33N5O/c1-9-10-11-19-20(14(2)3)26-23-22(17(6)27-29(23)24(19)30)25-21-15(4)12-18(28(7)8)13-16(21)5/h12-14,27H,6,9-11H2,1-5,7-8H3. The third-order valence-electron chi connectivity index (χ3n) is 5.50. The molecule has 0 spiro atoms. The molecule has 3 rings (SSSR count). The van der Waals surface area contributed by atoms with Crippen molar-refractivity contribution in [3.8, 4) is 0 Å². The van der Waals surface area contributed by atoms with Gasteiger partial charge in [0, 0.05) is 25.3 Å². The quantitative estimate of drug-likeness (QED) is 0.680. The molecule has 0 aliphatic rings. The zero-order chi connectivity index (χ0) is 22.2. The number of anilines is 1. The van der Waals surface area contributed by atoms with Gasteiger partial charge in [0.05, 0.1) is 16.7 Å². The Bertz CT molecular complexity index is 1220. The molecule has 0 unspecified atom stereocenters. The monoisotopic (exact) mass is 407 g/mol. The number of nitrogens with one attached hydrogen (secondary N) is 1. The molecule has 6 heteroatoms. The van der Waals surface area contributed by atoms with E-state index >= 15 is 0 Å². The molecule has 0 fully saturated rings. The summed E-state index contributed by atoms with van der Waals surface area (Å²) < 4.78 is 1.51. The maximum atomic E-state index is 13.2. The largest absolute Gasteiger partial charge is 0.378 e. The Balaban J connectivity index is 2.32. The van der Waals surface area contributed by atoms with E-state index < -0.39 is 0 Å². The van der Waals surface area contributed by atoms with E-state index in [-0.39, 0.29) is 11.5 Å². The maximum Gasteiger partial charge on any atom is 0.276 e. The Labute approximate surface area is 178 Å². The first-order chi connectivity index (χ1) is 14.1. The van der Waals surface area contributed by atoms with Crippen LogP contribution in [0.3, 0.4) is 0 Å². The Kier molecular flexibility index (Phi) is 6.15. The highest BCUT2D eigenvalue weighted by atomic mass is 16.1. The Hall–Kier alpha value is -2.89. The molecule has 0 atom stereocenters. The van der Waals surface area contributed by atoms with Crippen LogP contribution < -0.4 is 21.2 Å². The number of hydrogen-bond acceptors (Lipinski definition) is 4. The lowest BCUT2D eigenvalue weighted by atomic mass is 10.0. The minimum Gasteiger partial charge on any atom is -0.378 e. The highest BCUT2D eigenvalue weighted by Gasteiger charge is 2.17. The summed E-state index contributed by atoms with van der Waals surface area (Å²) in [6, 6.07) is 4.23. The van der Waals surface area contributed by atoms with Crippen molar-refractivity contribution in [3.05, 3.63) is 55.6 Å². The molecule has 0 radical (unpaired) electrons. The zero-order valence-corrected chi connectivity index (χ0v) is 19.3. The van der Waals surface area contributed by atoms with Crippen LogP contribution in [0.2, 0.25) is 0 Å². The summed E-state index contributed by atoms with van der Waals surface area (Å²) in [6.07, 6.45) is 2.74. The van der Waals surface area contributed by atoms with Crippen LogP contribution in [0.1, 0.15) is 61.9 Å². The molecular weight excluding hydrogens is 374 g/mol. The van der Waals surface area contributed by atoms with E-state index in [2.05, 4.69) is 63.3 Å². The number of aromatic amines is 1. The average molecular weight is 408 g/mol. The molecule has 0 aliphatic heterocycles. The van der Waals surface area contributed by atoms with E-state index in [1.807, 2.05) is 14.1 Å². The normalized spacial score (nSPS) is 12.3. The second-order valence-electron chi connectivity index (χ2n) is 8.57. The number of nitrogens with zero attached hydrogens (tertiary/aromatic N) is 4. The summed E-state index contributed by atoms with van der Waals surface area (Å²) in [7, 11) is 4.05. The molecule has 2 aromatic heterocycles. The van der Waals surface area contributed by atoms with E-state index in [0.29, 0.717) is 16.4 Å². The van der Waals surface area contributed by atoms with Gasteiger partial charge in [-0.15, -0.1) is 0 Å². The summed E-state index contributed by atoms with van der Waals surface area (Å²) in [6.45, 7) is 14.5. The fraction of sp³-hybridized carbons (Fsp3) is 0.458. The number of hydrogen-bond donors (Lipinski definition) is 1. The van der Waals surface area contributed by atoms with Gasteiger partial charge in [-0.2, -0.15) is 4.52 Å². The number of rotatable bonds is 6. The number of H-pyrrole nitrogens is 1. The van der Waals surface area contributed by atoms with Gasteiger partial charge < -0.3 is 4.90 Å². The average Bonchev–Trinajstić information content (AvgIpc) is 2.99. The van der Waals surface area contributed by atoms with Gasteiger partial charge in [-0.25, -0.2) is 9.98 Å². The molecule has 3 aromatic rings. The Morgan fingerprint density at radius 1 is 1.23 bits per heavy atom. The lowest BCUT2D eigenvalue weighted by molar-refractivity contribution is 0.719. The molecule has 2 heterocycles. The number of aryl methyl sites for hydroxylation is 2. The van der Waals surface area contributed by atoms with Crippen molar-refractivity contribution >= 4 is 23.6 Å². The van der Waals surface area contributed by atoms with Gasteiger partial charge in [-0.1, -0.05) is 33.8 Å². The summed E-state index contributed by atoms with van der Waals surface area (Å²) in [5.41, 5.74) is 6.33. The minimum atomic E-state index is -0.0418. The molecule has 160 valence electrons. The number of unbranched alkanes of at least 4 members (excludes halogenated alkanes) is 1. The third-order valence-corrected chi connectivity index (χ3v) is 5.50. The van der Waals surface area contributed by atoms with Crippen molar-refractivity contribution in [2.45, 2.75) is 59.8 Å².